The molecule has 0 saturated heterocycles. The average Bonchev–Trinajstić information content (AvgIpc) is 3.32. The Kier molecular flexibility index (Phi) is 5.28. The lowest BCUT2D eigenvalue weighted by atomic mass is 9.80. The number of thiophene rings is 1. The molecule has 2 aliphatic rings. The summed E-state index contributed by atoms with van der Waals surface area (Å²) in [6, 6.07) is 11.5. The molecule has 1 aromatic heterocycles. The Morgan fingerprint density at radius 2 is 1.96 bits per heavy atom. The standard InChI is InChI=1S/C23H28N2O2S/c1-15(2)13-25-21(19-9-6-12-28-19)20(23(27)24(3)14-16-10-11-16)17-7-4-5-8-18(17)22(25)26/h4-9,12,15-16,20-21H,10-11,13-14H2,1-3H3/t20-,21+/m0/s1. The molecular weight excluding hydrogens is 368 g/mol. The van der Waals surface area contributed by atoms with E-state index in [1.165, 1.54) is 12.8 Å². The lowest BCUT2D eigenvalue weighted by Crippen LogP contribution is -2.48. The summed E-state index contributed by atoms with van der Waals surface area (Å²) < 4.78 is 0. The summed E-state index contributed by atoms with van der Waals surface area (Å²) in [6.45, 7) is 5.70. The van der Waals surface area contributed by atoms with Crippen LogP contribution in [-0.2, 0) is 4.79 Å². The first-order chi connectivity index (χ1) is 13.5. The Bertz CT molecular complexity index is 857. The van der Waals surface area contributed by atoms with Crippen molar-refractivity contribution in [1.29, 1.82) is 0 Å². The van der Waals surface area contributed by atoms with Crippen LogP contribution in [-0.4, -0.2) is 41.8 Å². The van der Waals surface area contributed by atoms with E-state index in [0.717, 1.165) is 17.0 Å². The Morgan fingerprint density at radius 1 is 1.21 bits per heavy atom. The number of likely N-dealkylation sites (N-methyl/N-ethyl adjacent to an activating group) is 1. The van der Waals surface area contributed by atoms with E-state index in [2.05, 4.69) is 19.9 Å². The van der Waals surface area contributed by atoms with Crippen LogP contribution < -0.4 is 0 Å². The van der Waals surface area contributed by atoms with Crippen molar-refractivity contribution in [2.45, 2.75) is 38.6 Å². The van der Waals surface area contributed by atoms with Gasteiger partial charge in [0.15, 0.2) is 0 Å². The van der Waals surface area contributed by atoms with Crippen LogP contribution in [0.15, 0.2) is 41.8 Å². The van der Waals surface area contributed by atoms with Crippen molar-refractivity contribution in [2.24, 2.45) is 11.8 Å². The van der Waals surface area contributed by atoms with Gasteiger partial charge >= 0.3 is 0 Å². The molecule has 1 aromatic carbocycles. The van der Waals surface area contributed by atoms with Crippen LogP contribution in [0.1, 0.15) is 59.4 Å². The summed E-state index contributed by atoms with van der Waals surface area (Å²) in [5.74, 6) is 0.781. The van der Waals surface area contributed by atoms with Crippen LogP contribution in [0, 0.1) is 11.8 Å². The van der Waals surface area contributed by atoms with E-state index in [1.807, 2.05) is 52.6 Å². The van der Waals surface area contributed by atoms with Crippen LogP contribution in [0.5, 0.6) is 0 Å². The number of fused-ring (bicyclic) bond motifs is 1. The van der Waals surface area contributed by atoms with Gasteiger partial charge in [0.05, 0.1) is 12.0 Å². The molecule has 1 aliphatic carbocycles. The number of amides is 2. The quantitative estimate of drug-likeness (QED) is 0.718. The minimum Gasteiger partial charge on any atom is -0.345 e. The van der Waals surface area contributed by atoms with Crippen molar-refractivity contribution in [3.05, 3.63) is 57.8 Å². The molecule has 1 aliphatic heterocycles. The second kappa shape index (κ2) is 7.70. The lowest BCUT2D eigenvalue weighted by Gasteiger charge is -2.43. The molecule has 0 unspecified atom stereocenters. The van der Waals surface area contributed by atoms with Crippen LogP contribution in [0.3, 0.4) is 0 Å². The molecule has 2 atom stereocenters. The topological polar surface area (TPSA) is 40.6 Å². The van der Waals surface area contributed by atoms with Gasteiger partial charge < -0.3 is 9.80 Å². The van der Waals surface area contributed by atoms with Crippen molar-refractivity contribution in [3.8, 4) is 0 Å². The molecule has 2 heterocycles. The number of benzene rings is 1. The first-order valence-electron chi connectivity index (χ1n) is 10.2. The fourth-order valence-corrected chi connectivity index (χ4v) is 5.12. The van der Waals surface area contributed by atoms with Crippen molar-refractivity contribution >= 4 is 23.2 Å². The van der Waals surface area contributed by atoms with E-state index in [0.29, 0.717) is 23.9 Å². The number of rotatable bonds is 6. The van der Waals surface area contributed by atoms with E-state index in [1.54, 1.807) is 11.3 Å². The minimum atomic E-state index is -0.352. The monoisotopic (exact) mass is 396 g/mol. The summed E-state index contributed by atoms with van der Waals surface area (Å²) >= 11 is 1.63. The summed E-state index contributed by atoms with van der Waals surface area (Å²) in [5, 5.41) is 2.03. The zero-order chi connectivity index (χ0) is 19.8. The fourth-order valence-electron chi connectivity index (χ4n) is 4.24. The Balaban J connectivity index is 1.81. The average molecular weight is 397 g/mol. The molecule has 4 rings (SSSR count). The summed E-state index contributed by atoms with van der Waals surface area (Å²) in [5.41, 5.74) is 1.55. The molecule has 0 N–H and O–H groups in total. The predicted octanol–water partition coefficient (Wildman–Crippen LogP) is 4.55. The van der Waals surface area contributed by atoms with E-state index >= 15 is 0 Å². The van der Waals surface area contributed by atoms with Gasteiger partial charge in [0.1, 0.15) is 0 Å². The SMILES string of the molecule is CC(C)CN1C(=O)c2ccccc2[C@H](C(=O)N(C)CC2CC2)[C@H]1c1cccs1. The number of carbonyl (C=O) groups excluding carboxylic acids is 2. The number of carbonyl (C=O) groups is 2. The second-order valence-electron chi connectivity index (χ2n) is 8.54. The Morgan fingerprint density at radius 3 is 2.61 bits per heavy atom. The van der Waals surface area contributed by atoms with E-state index < -0.39 is 0 Å². The van der Waals surface area contributed by atoms with Crippen molar-refractivity contribution < 1.29 is 9.59 Å². The van der Waals surface area contributed by atoms with Crippen molar-refractivity contribution in [2.75, 3.05) is 20.1 Å². The van der Waals surface area contributed by atoms with Gasteiger partial charge in [0.2, 0.25) is 5.91 Å². The van der Waals surface area contributed by atoms with Gasteiger partial charge in [-0.3, -0.25) is 9.59 Å². The van der Waals surface area contributed by atoms with Crippen LogP contribution >= 0.6 is 11.3 Å². The summed E-state index contributed by atoms with van der Waals surface area (Å²) in [4.78, 5) is 32.0. The highest BCUT2D eigenvalue weighted by Gasteiger charge is 2.45. The first kappa shape index (κ1) is 19.2. The molecule has 0 bridgehead atoms. The predicted molar refractivity (Wildman–Crippen MR) is 112 cm³/mol. The van der Waals surface area contributed by atoms with E-state index in [9.17, 15) is 9.59 Å². The van der Waals surface area contributed by atoms with E-state index in [4.69, 9.17) is 0 Å². The highest BCUT2D eigenvalue weighted by molar-refractivity contribution is 7.10. The fraction of sp³-hybridized carbons (Fsp3) is 0.478. The van der Waals surface area contributed by atoms with Gasteiger partial charge in [-0.15, -0.1) is 11.3 Å². The second-order valence-corrected chi connectivity index (χ2v) is 9.52. The maximum Gasteiger partial charge on any atom is 0.254 e. The molecule has 2 amide bonds. The number of hydrogen-bond donors (Lipinski definition) is 0. The molecule has 148 valence electrons. The molecule has 28 heavy (non-hydrogen) atoms. The minimum absolute atomic E-state index is 0.0385. The van der Waals surface area contributed by atoms with Gasteiger partial charge in [0.25, 0.3) is 5.91 Å². The van der Waals surface area contributed by atoms with Gasteiger partial charge in [-0.25, -0.2) is 0 Å². The smallest absolute Gasteiger partial charge is 0.254 e. The first-order valence-corrected chi connectivity index (χ1v) is 11.0. The van der Waals surface area contributed by atoms with Crippen LogP contribution in [0.25, 0.3) is 0 Å². The Labute approximate surface area is 171 Å². The molecule has 4 nitrogen and oxygen atoms in total. The van der Waals surface area contributed by atoms with Crippen molar-refractivity contribution in [1.82, 2.24) is 9.80 Å². The highest BCUT2D eigenvalue weighted by atomic mass is 32.1. The largest absolute Gasteiger partial charge is 0.345 e. The maximum absolute atomic E-state index is 13.7. The summed E-state index contributed by atoms with van der Waals surface area (Å²) in [7, 11) is 1.91. The molecule has 1 fully saturated rings. The number of nitrogens with zero attached hydrogens (tertiary/aromatic N) is 2. The zero-order valence-corrected chi connectivity index (χ0v) is 17.6. The maximum atomic E-state index is 13.7. The van der Waals surface area contributed by atoms with Gasteiger partial charge in [-0.2, -0.15) is 0 Å². The highest BCUT2D eigenvalue weighted by Crippen LogP contribution is 2.45. The molecule has 2 aromatic rings. The van der Waals surface area contributed by atoms with Gasteiger partial charge in [-0.1, -0.05) is 38.1 Å². The normalized spacial score (nSPS) is 21.7. The van der Waals surface area contributed by atoms with Gasteiger partial charge in [0, 0.05) is 30.6 Å². The molecule has 1 saturated carbocycles. The molecule has 0 spiro atoms. The molecule has 0 radical (unpaired) electrons. The number of hydrogen-bond acceptors (Lipinski definition) is 3. The zero-order valence-electron chi connectivity index (χ0n) is 16.8. The molecular formula is C23H28N2O2S. The van der Waals surface area contributed by atoms with Gasteiger partial charge in [-0.05, 0) is 47.8 Å². The third-order valence-electron chi connectivity index (χ3n) is 5.71. The van der Waals surface area contributed by atoms with Crippen LogP contribution in [0.4, 0.5) is 0 Å². The third-order valence-corrected chi connectivity index (χ3v) is 6.65. The lowest BCUT2D eigenvalue weighted by molar-refractivity contribution is -0.133. The third kappa shape index (κ3) is 3.60. The van der Waals surface area contributed by atoms with E-state index in [-0.39, 0.29) is 23.8 Å². The van der Waals surface area contributed by atoms with Crippen molar-refractivity contribution in [3.63, 3.8) is 0 Å². The molecule has 5 heteroatoms. The van der Waals surface area contributed by atoms with Crippen LogP contribution in [0.2, 0.25) is 0 Å². The summed E-state index contributed by atoms with van der Waals surface area (Å²) in [6.07, 6.45) is 2.43. The Hall–Kier alpha value is -2.14.